The number of nitrogens with one attached hydrogen (secondary N) is 2. The van der Waals surface area contributed by atoms with Crippen LogP contribution in [0.25, 0.3) is 5.69 Å². The van der Waals surface area contributed by atoms with Crippen molar-refractivity contribution >= 4 is 17.5 Å². The number of likely N-dealkylation sites (N-methyl/N-ethyl adjacent to an activating group) is 1. The van der Waals surface area contributed by atoms with Crippen LogP contribution in [-0.2, 0) is 11.3 Å². The van der Waals surface area contributed by atoms with Crippen LogP contribution in [-0.4, -0.2) is 45.1 Å². The first kappa shape index (κ1) is 23.8. The molecule has 1 atom stereocenters. The van der Waals surface area contributed by atoms with Crippen LogP contribution in [0.15, 0.2) is 91.5 Å². The molecular weight excluding hydrogens is 440 g/mol. The molecule has 8 nitrogen and oxygen atoms in total. The number of aromatic nitrogens is 3. The lowest BCUT2D eigenvalue weighted by atomic mass is 10.1. The minimum atomic E-state index is -0.237. The van der Waals surface area contributed by atoms with Crippen LogP contribution in [0.2, 0.25) is 0 Å². The second kappa shape index (κ2) is 11.2. The predicted molar refractivity (Wildman–Crippen MR) is 135 cm³/mol. The Labute approximate surface area is 204 Å². The minimum absolute atomic E-state index is 0.00922. The van der Waals surface area contributed by atoms with Crippen molar-refractivity contribution < 1.29 is 9.59 Å². The van der Waals surface area contributed by atoms with Gasteiger partial charge >= 0.3 is 0 Å². The summed E-state index contributed by atoms with van der Waals surface area (Å²) in [5.74, 6) is -0.430. The molecule has 0 bridgehead atoms. The highest BCUT2D eigenvalue weighted by molar-refractivity contribution is 6.04. The van der Waals surface area contributed by atoms with E-state index in [2.05, 4.69) is 20.7 Å². The summed E-state index contributed by atoms with van der Waals surface area (Å²) in [5.41, 5.74) is 3.91. The number of para-hydroxylation sites is 1. The van der Waals surface area contributed by atoms with Gasteiger partial charge in [0.1, 0.15) is 12.7 Å². The molecule has 3 aromatic carbocycles. The van der Waals surface area contributed by atoms with E-state index < -0.39 is 0 Å². The summed E-state index contributed by atoms with van der Waals surface area (Å²) >= 11 is 0. The van der Waals surface area contributed by atoms with E-state index in [4.69, 9.17) is 0 Å². The number of rotatable bonds is 9. The Morgan fingerprint density at radius 1 is 0.971 bits per heavy atom. The van der Waals surface area contributed by atoms with Crippen molar-refractivity contribution in [3.05, 3.63) is 108 Å². The van der Waals surface area contributed by atoms with Gasteiger partial charge in [0.2, 0.25) is 5.91 Å². The summed E-state index contributed by atoms with van der Waals surface area (Å²) < 4.78 is 1.69. The lowest BCUT2D eigenvalue weighted by Gasteiger charge is -2.25. The van der Waals surface area contributed by atoms with Crippen molar-refractivity contribution in [2.45, 2.75) is 19.5 Å². The maximum atomic E-state index is 12.8. The van der Waals surface area contributed by atoms with Gasteiger partial charge in [-0.25, -0.2) is 9.67 Å². The third-order valence-electron chi connectivity index (χ3n) is 5.85. The van der Waals surface area contributed by atoms with Gasteiger partial charge < -0.3 is 10.6 Å². The number of hydrogen-bond donors (Lipinski definition) is 2. The molecule has 0 aliphatic heterocycles. The SMILES string of the molecule is CC(c1ccc(-n2cncn2)cc1)N(C)CC(=O)Nc1ccccc1C(=O)NCc1ccccc1. The zero-order valence-electron chi connectivity index (χ0n) is 19.8. The highest BCUT2D eigenvalue weighted by atomic mass is 16.2. The average molecular weight is 469 g/mol. The molecule has 178 valence electrons. The molecule has 2 amide bonds. The van der Waals surface area contributed by atoms with Crippen LogP contribution in [0.4, 0.5) is 5.69 Å². The summed E-state index contributed by atoms with van der Waals surface area (Å²) in [5, 5.41) is 9.94. The lowest BCUT2D eigenvalue weighted by molar-refractivity contribution is -0.117. The van der Waals surface area contributed by atoms with E-state index in [1.165, 1.54) is 6.33 Å². The molecule has 1 unspecified atom stereocenters. The zero-order valence-corrected chi connectivity index (χ0v) is 19.8. The van der Waals surface area contributed by atoms with Gasteiger partial charge in [-0.1, -0.05) is 54.6 Å². The van der Waals surface area contributed by atoms with Crippen LogP contribution in [0.1, 0.15) is 34.5 Å². The van der Waals surface area contributed by atoms with Gasteiger partial charge in [0, 0.05) is 12.6 Å². The number of benzene rings is 3. The minimum Gasteiger partial charge on any atom is -0.348 e. The molecule has 4 aromatic rings. The van der Waals surface area contributed by atoms with Gasteiger partial charge in [-0.3, -0.25) is 14.5 Å². The summed E-state index contributed by atoms with van der Waals surface area (Å²) in [6.45, 7) is 2.63. The third-order valence-corrected chi connectivity index (χ3v) is 5.85. The first-order valence-electron chi connectivity index (χ1n) is 11.4. The number of nitrogens with zero attached hydrogens (tertiary/aromatic N) is 4. The Kier molecular flexibility index (Phi) is 7.64. The fraction of sp³-hybridized carbons (Fsp3) is 0.185. The number of anilines is 1. The quantitative estimate of drug-likeness (QED) is 0.390. The molecule has 0 saturated carbocycles. The smallest absolute Gasteiger partial charge is 0.253 e. The van der Waals surface area contributed by atoms with E-state index in [9.17, 15) is 9.59 Å². The van der Waals surface area contributed by atoms with Crippen molar-refractivity contribution in [3.8, 4) is 5.69 Å². The van der Waals surface area contributed by atoms with Crippen LogP contribution in [0.3, 0.4) is 0 Å². The molecule has 2 N–H and O–H groups in total. The van der Waals surface area contributed by atoms with Crippen LogP contribution >= 0.6 is 0 Å². The standard InChI is InChI=1S/C27H28N6O2/c1-20(22-12-14-23(15-13-22)33-19-28-18-30-33)32(2)17-26(34)31-25-11-7-6-10-24(25)27(35)29-16-21-8-4-3-5-9-21/h3-15,18-20H,16-17H2,1-2H3,(H,29,35)(H,31,34). The normalized spacial score (nSPS) is 11.7. The molecule has 0 radical (unpaired) electrons. The van der Waals surface area contributed by atoms with E-state index >= 15 is 0 Å². The third kappa shape index (κ3) is 6.18. The maximum Gasteiger partial charge on any atom is 0.253 e. The average Bonchev–Trinajstić information content (AvgIpc) is 3.43. The molecule has 0 saturated heterocycles. The molecule has 35 heavy (non-hydrogen) atoms. The topological polar surface area (TPSA) is 92.2 Å². The van der Waals surface area contributed by atoms with Crippen molar-refractivity contribution in [2.24, 2.45) is 0 Å². The fourth-order valence-corrected chi connectivity index (χ4v) is 3.72. The number of amides is 2. The molecule has 0 aliphatic carbocycles. The Bertz CT molecular complexity index is 1260. The Balaban J connectivity index is 1.35. The Morgan fingerprint density at radius 3 is 2.40 bits per heavy atom. The molecule has 0 spiro atoms. The van der Waals surface area contributed by atoms with Gasteiger partial charge in [0.25, 0.3) is 5.91 Å². The molecule has 8 heteroatoms. The molecule has 1 heterocycles. The summed E-state index contributed by atoms with van der Waals surface area (Å²) in [7, 11) is 1.90. The highest BCUT2D eigenvalue weighted by Gasteiger charge is 2.17. The van der Waals surface area contributed by atoms with Crippen LogP contribution in [0.5, 0.6) is 0 Å². The van der Waals surface area contributed by atoms with Crippen molar-refractivity contribution in [1.82, 2.24) is 25.0 Å². The van der Waals surface area contributed by atoms with E-state index in [0.717, 1.165) is 16.8 Å². The van der Waals surface area contributed by atoms with Crippen molar-refractivity contribution in [3.63, 3.8) is 0 Å². The van der Waals surface area contributed by atoms with Crippen molar-refractivity contribution in [2.75, 3.05) is 18.9 Å². The summed E-state index contributed by atoms with van der Waals surface area (Å²) in [4.78, 5) is 31.5. The van der Waals surface area contributed by atoms with Gasteiger partial charge in [0.05, 0.1) is 23.5 Å². The Hall–Kier alpha value is -4.30. The van der Waals surface area contributed by atoms with E-state index in [1.807, 2.05) is 73.5 Å². The molecule has 0 fully saturated rings. The Morgan fingerprint density at radius 2 is 1.69 bits per heavy atom. The monoisotopic (exact) mass is 468 g/mol. The van der Waals surface area contributed by atoms with Gasteiger partial charge in [-0.05, 0) is 49.4 Å². The molecule has 4 rings (SSSR count). The van der Waals surface area contributed by atoms with Gasteiger partial charge in [0.15, 0.2) is 0 Å². The molecule has 1 aromatic heterocycles. The second-order valence-electron chi connectivity index (χ2n) is 8.28. The number of hydrogen-bond acceptors (Lipinski definition) is 5. The van der Waals surface area contributed by atoms with E-state index in [-0.39, 0.29) is 24.4 Å². The van der Waals surface area contributed by atoms with E-state index in [0.29, 0.717) is 17.8 Å². The van der Waals surface area contributed by atoms with Gasteiger partial charge in [-0.15, -0.1) is 0 Å². The molecular formula is C27H28N6O2. The maximum absolute atomic E-state index is 12.8. The predicted octanol–water partition coefficient (Wildman–Crippen LogP) is 3.83. The van der Waals surface area contributed by atoms with E-state index in [1.54, 1.807) is 35.3 Å². The fourth-order valence-electron chi connectivity index (χ4n) is 3.72. The summed E-state index contributed by atoms with van der Waals surface area (Å²) in [6.07, 6.45) is 3.14. The number of carbonyl (C=O) groups is 2. The van der Waals surface area contributed by atoms with Crippen molar-refractivity contribution in [1.29, 1.82) is 0 Å². The van der Waals surface area contributed by atoms with Crippen LogP contribution in [0, 0.1) is 0 Å². The number of carbonyl (C=O) groups excluding carboxylic acids is 2. The lowest BCUT2D eigenvalue weighted by Crippen LogP contribution is -2.33. The zero-order chi connectivity index (χ0) is 24.6. The first-order chi connectivity index (χ1) is 17.0. The molecule has 0 aliphatic rings. The highest BCUT2D eigenvalue weighted by Crippen LogP contribution is 2.21. The summed E-state index contributed by atoms with van der Waals surface area (Å²) in [6, 6.07) is 24.7. The second-order valence-corrected chi connectivity index (χ2v) is 8.28. The van der Waals surface area contributed by atoms with Crippen LogP contribution < -0.4 is 10.6 Å². The van der Waals surface area contributed by atoms with Gasteiger partial charge in [-0.2, -0.15) is 5.10 Å². The first-order valence-corrected chi connectivity index (χ1v) is 11.4. The largest absolute Gasteiger partial charge is 0.348 e.